The van der Waals surface area contributed by atoms with Crippen LogP contribution in [0, 0.1) is 0 Å². The van der Waals surface area contributed by atoms with Gasteiger partial charge in [-0.2, -0.15) is 0 Å². The topological polar surface area (TPSA) is 17.1 Å². The molecule has 2 aliphatic rings. The first-order valence-corrected chi connectivity index (χ1v) is 8.66. The summed E-state index contributed by atoms with van der Waals surface area (Å²) in [6, 6.07) is 17.2. The van der Waals surface area contributed by atoms with E-state index in [1.165, 1.54) is 22.3 Å². The molecule has 2 aromatic carbocycles. The number of rotatable bonds is 0. The third kappa shape index (κ3) is 2.01. The van der Waals surface area contributed by atoms with E-state index in [0.717, 1.165) is 12.8 Å². The molecule has 4 rings (SSSR count). The van der Waals surface area contributed by atoms with Crippen molar-refractivity contribution < 1.29 is 4.79 Å². The Kier molecular flexibility index (Phi) is 3.30. The first-order chi connectivity index (χ1) is 10.7. The van der Waals surface area contributed by atoms with Crippen LogP contribution >= 0.6 is 15.9 Å². The number of fused-ring (bicyclic) bond motifs is 4. The number of carbonyl (C=O) groups excluding carboxylic acids is 1. The summed E-state index contributed by atoms with van der Waals surface area (Å²) >= 11 is 3.62. The summed E-state index contributed by atoms with van der Waals surface area (Å²) in [6.07, 6.45) is 6.79. The Balaban J connectivity index is 2.00. The predicted octanol–water partition coefficient (Wildman–Crippen LogP) is 4.97. The van der Waals surface area contributed by atoms with Crippen molar-refractivity contribution in [2.45, 2.75) is 29.5 Å². The van der Waals surface area contributed by atoms with Gasteiger partial charge in [-0.25, -0.2) is 0 Å². The third-order valence-electron chi connectivity index (χ3n) is 5.07. The molecule has 0 saturated heterocycles. The lowest BCUT2D eigenvalue weighted by Crippen LogP contribution is -2.39. The van der Waals surface area contributed by atoms with Gasteiger partial charge in [0.2, 0.25) is 0 Å². The zero-order valence-electron chi connectivity index (χ0n) is 12.3. The fourth-order valence-electron chi connectivity index (χ4n) is 3.99. The van der Waals surface area contributed by atoms with Gasteiger partial charge in [0.05, 0.1) is 4.83 Å². The van der Waals surface area contributed by atoms with E-state index in [1.54, 1.807) is 0 Å². The van der Waals surface area contributed by atoms with Crippen LogP contribution in [0.3, 0.4) is 0 Å². The van der Waals surface area contributed by atoms with Gasteiger partial charge in [-0.3, -0.25) is 4.79 Å². The molecule has 0 radical (unpaired) electrons. The van der Waals surface area contributed by atoms with E-state index >= 15 is 0 Å². The molecular weight excluding hydrogens is 336 g/mol. The van der Waals surface area contributed by atoms with Crippen molar-refractivity contribution in [3.05, 3.63) is 70.8 Å². The van der Waals surface area contributed by atoms with Gasteiger partial charge in [-0.1, -0.05) is 76.6 Å². The fraction of sp³-hybridized carbons (Fsp3) is 0.250. The quantitative estimate of drug-likeness (QED) is 0.611. The van der Waals surface area contributed by atoms with Crippen LogP contribution in [0.25, 0.3) is 12.2 Å². The average Bonchev–Trinajstić information content (AvgIpc) is 2.68. The first-order valence-electron chi connectivity index (χ1n) is 7.75. The molecule has 0 unspecified atom stereocenters. The minimum absolute atomic E-state index is 0.0551. The summed E-state index contributed by atoms with van der Waals surface area (Å²) in [4.78, 5) is 12.0. The highest BCUT2D eigenvalue weighted by Crippen LogP contribution is 2.49. The summed E-state index contributed by atoms with van der Waals surface area (Å²) in [5.74, 6) is 0.331. The van der Waals surface area contributed by atoms with Crippen LogP contribution in [-0.4, -0.2) is 10.6 Å². The van der Waals surface area contributed by atoms with Crippen molar-refractivity contribution in [1.82, 2.24) is 0 Å². The highest BCUT2D eigenvalue weighted by molar-refractivity contribution is 9.10. The standard InChI is InChI=1S/C20H17BrO/c21-18-13-20(12-11-19(18)22)16-7-3-1-5-14(16)9-10-15-6-2-4-8-17(15)20/h1-10,18H,11-13H2/t18-/m1/s1. The van der Waals surface area contributed by atoms with Gasteiger partial charge in [-0.05, 0) is 35.1 Å². The van der Waals surface area contributed by atoms with E-state index in [1.807, 2.05) is 0 Å². The minimum Gasteiger partial charge on any atom is -0.298 e. The maximum atomic E-state index is 12.1. The Morgan fingerprint density at radius 3 is 2.00 bits per heavy atom. The van der Waals surface area contributed by atoms with Gasteiger partial charge < -0.3 is 0 Å². The first kappa shape index (κ1) is 14.0. The highest BCUT2D eigenvalue weighted by Gasteiger charge is 2.44. The fourth-order valence-corrected chi connectivity index (χ4v) is 4.77. The van der Waals surface area contributed by atoms with Crippen LogP contribution in [0.1, 0.15) is 41.5 Å². The van der Waals surface area contributed by atoms with Crippen LogP contribution in [-0.2, 0) is 10.2 Å². The van der Waals surface area contributed by atoms with E-state index in [-0.39, 0.29) is 10.2 Å². The third-order valence-corrected chi connectivity index (χ3v) is 5.90. The molecule has 22 heavy (non-hydrogen) atoms. The number of carbonyl (C=O) groups is 1. The van der Waals surface area contributed by atoms with E-state index < -0.39 is 0 Å². The molecule has 2 aliphatic carbocycles. The Morgan fingerprint density at radius 1 is 0.909 bits per heavy atom. The second kappa shape index (κ2) is 5.20. The lowest BCUT2D eigenvalue weighted by molar-refractivity contribution is -0.120. The van der Waals surface area contributed by atoms with Crippen molar-refractivity contribution in [2.75, 3.05) is 0 Å². The van der Waals surface area contributed by atoms with Crippen molar-refractivity contribution in [3.63, 3.8) is 0 Å². The Bertz CT molecular complexity index is 725. The normalized spacial score (nSPS) is 22.0. The number of halogens is 1. The molecular formula is C20H17BrO. The molecule has 1 atom stereocenters. The van der Waals surface area contributed by atoms with Gasteiger partial charge >= 0.3 is 0 Å². The minimum atomic E-state index is -0.0707. The van der Waals surface area contributed by atoms with E-state index in [4.69, 9.17) is 0 Å². The Hall–Kier alpha value is -1.67. The van der Waals surface area contributed by atoms with Crippen LogP contribution in [0.15, 0.2) is 48.5 Å². The van der Waals surface area contributed by atoms with Crippen molar-refractivity contribution in [3.8, 4) is 0 Å². The molecule has 0 aliphatic heterocycles. The number of hydrogen-bond donors (Lipinski definition) is 0. The second-order valence-corrected chi connectivity index (χ2v) is 7.33. The SMILES string of the molecule is O=C1CCC2(C[C@H]1Br)c1ccccc1C=Cc1ccccc12. The van der Waals surface area contributed by atoms with E-state index in [2.05, 4.69) is 76.6 Å². The lowest BCUT2D eigenvalue weighted by Gasteiger charge is -2.41. The predicted molar refractivity (Wildman–Crippen MR) is 94.2 cm³/mol. The number of benzene rings is 2. The van der Waals surface area contributed by atoms with Crippen molar-refractivity contribution >= 4 is 33.9 Å². The van der Waals surface area contributed by atoms with Crippen LogP contribution in [0.2, 0.25) is 0 Å². The molecule has 0 heterocycles. The zero-order valence-corrected chi connectivity index (χ0v) is 13.8. The maximum absolute atomic E-state index is 12.1. The molecule has 1 nitrogen and oxygen atoms in total. The summed E-state index contributed by atoms with van der Waals surface area (Å²) in [5.41, 5.74) is 5.18. The van der Waals surface area contributed by atoms with Gasteiger partial charge in [0.25, 0.3) is 0 Å². The molecule has 0 amide bonds. The molecule has 0 bridgehead atoms. The number of Topliss-reactive ketones (excluding diaryl/α,β-unsaturated/α-hetero) is 1. The number of hydrogen-bond acceptors (Lipinski definition) is 1. The average molecular weight is 353 g/mol. The van der Waals surface area contributed by atoms with Gasteiger partial charge in [0, 0.05) is 11.8 Å². The Labute approximate surface area is 139 Å². The van der Waals surface area contributed by atoms with Gasteiger partial charge in [0.15, 0.2) is 0 Å². The molecule has 0 aromatic heterocycles. The van der Waals surface area contributed by atoms with Crippen LogP contribution in [0.4, 0.5) is 0 Å². The van der Waals surface area contributed by atoms with Gasteiger partial charge in [0.1, 0.15) is 5.78 Å². The summed E-state index contributed by atoms with van der Waals surface area (Å²) in [5, 5.41) is 0. The van der Waals surface area contributed by atoms with E-state index in [9.17, 15) is 4.79 Å². The largest absolute Gasteiger partial charge is 0.298 e. The Morgan fingerprint density at radius 2 is 1.45 bits per heavy atom. The molecule has 2 heteroatoms. The smallest absolute Gasteiger partial charge is 0.146 e. The van der Waals surface area contributed by atoms with Crippen molar-refractivity contribution in [1.29, 1.82) is 0 Å². The molecule has 1 saturated carbocycles. The van der Waals surface area contributed by atoms with Crippen LogP contribution < -0.4 is 0 Å². The summed E-state index contributed by atoms with van der Waals surface area (Å²) in [6.45, 7) is 0. The molecule has 0 N–H and O–H groups in total. The monoisotopic (exact) mass is 352 g/mol. The zero-order chi connectivity index (χ0) is 15.2. The number of alkyl halides is 1. The van der Waals surface area contributed by atoms with Crippen LogP contribution in [0.5, 0.6) is 0 Å². The molecule has 1 fully saturated rings. The van der Waals surface area contributed by atoms with Gasteiger partial charge in [-0.15, -0.1) is 0 Å². The van der Waals surface area contributed by atoms with Crippen molar-refractivity contribution in [2.24, 2.45) is 0 Å². The molecule has 1 spiro atoms. The summed E-state index contributed by atoms with van der Waals surface area (Å²) < 4.78 is 0. The second-order valence-electron chi connectivity index (χ2n) is 6.23. The highest BCUT2D eigenvalue weighted by atomic mass is 79.9. The number of ketones is 1. The van der Waals surface area contributed by atoms with E-state index in [0.29, 0.717) is 12.2 Å². The lowest BCUT2D eigenvalue weighted by atomic mass is 9.63. The molecule has 110 valence electrons. The summed E-state index contributed by atoms with van der Waals surface area (Å²) in [7, 11) is 0. The maximum Gasteiger partial charge on any atom is 0.146 e. The molecule has 2 aromatic rings.